The smallest absolute Gasteiger partial charge is 0.337 e. The van der Waals surface area contributed by atoms with Crippen LogP contribution in [0, 0.1) is 0 Å². The van der Waals surface area contributed by atoms with Gasteiger partial charge in [0, 0.05) is 20.9 Å². The summed E-state index contributed by atoms with van der Waals surface area (Å²) in [5.74, 6) is -0.488. The molecule has 5 nitrogen and oxygen atoms in total. The fourth-order valence-corrected chi connectivity index (χ4v) is 3.46. The second kappa shape index (κ2) is 5.49. The molecule has 0 saturated carbocycles. The average Bonchev–Trinajstić information content (AvgIpc) is 2.84. The Bertz CT molecular complexity index is 1010. The lowest BCUT2D eigenvalue weighted by atomic mass is 10.0. The predicted octanol–water partition coefficient (Wildman–Crippen LogP) is 3.88. The molecular weight excluding hydrogens is 372 g/mol. The quantitative estimate of drug-likeness (QED) is 0.625. The van der Waals surface area contributed by atoms with Crippen LogP contribution in [0.3, 0.4) is 0 Å². The van der Waals surface area contributed by atoms with Crippen molar-refractivity contribution >= 4 is 44.4 Å². The van der Waals surface area contributed by atoms with Crippen molar-refractivity contribution in [3.63, 3.8) is 0 Å². The van der Waals surface area contributed by atoms with E-state index in [1.807, 2.05) is 18.2 Å². The number of amides is 1. The van der Waals surface area contributed by atoms with Gasteiger partial charge in [-0.3, -0.25) is 4.79 Å². The minimum atomic E-state index is -0.409. The first-order valence-electron chi connectivity index (χ1n) is 7.39. The first kappa shape index (κ1) is 15.0. The van der Waals surface area contributed by atoms with Gasteiger partial charge < -0.3 is 15.0 Å². The summed E-state index contributed by atoms with van der Waals surface area (Å²) < 4.78 is 5.76. The van der Waals surface area contributed by atoms with Crippen molar-refractivity contribution < 1.29 is 14.3 Å². The molecule has 0 aliphatic carbocycles. The number of rotatable bonds is 1. The summed E-state index contributed by atoms with van der Waals surface area (Å²) in [6.07, 6.45) is 0.277. The second-order valence-corrected chi connectivity index (χ2v) is 6.56. The minimum Gasteiger partial charge on any atom is -0.465 e. The molecule has 2 aromatic carbocycles. The fraction of sp³-hybridized carbons (Fsp3) is 0.111. The summed E-state index contributed by atoms with van der Waals surface area (Å²) in [6, 6.07) is 11.0. The third-order valence-electron chi connectivity index (χ3n) is 4.19. The van der Waals surface area contributed by atoms with Gasteiger partial charge in [0.15, 0.2) is 0 Å². The molecule has 0 saturated heterocycles. The molecule has 1 aliphatic heterocycles. The molecule has 0 unspecified atom stereocenters. The summed E-state index contributed by atoms with van der Waals surface area (Å²) in [5.41, 5.74) is 4.62. The van der Waals surface area contributed by atoms with Crippen LogP contribution >= 0.6 is 15.9 Å². The van der Waals surface area contributed by atoms with Gasteiger partial charge >= 0.3 is 5.97 Å². The molecule has 2 N–H and O–H groups in total. The zero-order chi connectivity index (χ0) is 16.8. The highest BCUT2D eigenvalue weighted by Gasteiger charge is 2.24. The van der Waals surface area contributed by atoms with Crippen molar-refractivity contribution in [3.8, 4) is 11.3 Å². The number of benzene rings is 2. The zero-order valence-corrected chi connectivity index (χ0v) is 14.4. The van der Waals surface area contributed by atoms with Crippen LogP contribution in [-0.4, -0.2) is 24.0 Å². The van der Waals surface area contributed by atoms with Crippen LogP contribution in [0.25, 0.3) is 22.2 Å². The number of halogens is 1. The molecule has 24 heavy (non-hydrogen) atoms. The van der Waals surface area contributed by atoms with Crippen LogP contribution < -0.4 is 5.32 Å². The van der Waals surface area contributed by atoms with Crippen molar-refractivity contribution in [1.82, 2.24) is 4.98 Å². The van der Waals surface area contributed by atoms with Gasteiger partial charge in [0.25, 0.3) is 0 Å². The lowest BCUT2D eigenvalue weighted by Crippen LogP contribution is -2.12. The maximum absolute atomic E-state index is 12.3. The van der Waals surface area contributed by atoms with Crippen molar-refractivity contribution in [2.45, 2.75) is 6.42 Å². The monoisotopic (exact) mass is 384 g/mol. The van der Waals surface area contributed by atoms with Crippen LogP contribution in [0.2, 0.25) is 0 Å². The lowest BCUT2D eigenvalue weighted by molar-refractivity contribution is -0.115. The molecule has 1 aliphatic rings. The summed E-state index contributed by atoms with van der Waals surface area (Å²) in [7, 11) is 1.35. The highest BCUT2D eigenvalue weighted by molar-refractivity contribution is 9.10. The molecule has 4 rings (SSSR count). The van der Waals surface area contributed by atoms with Gasteiger partial charge in [-0.1, -0.05) is 22.0 Å². The third kappa shape index (κ3) is 2.30. The number of hydrogen-bond donors (Lipinski definition) is 2. The van der Waals surface area contributed by atoms with E-state index in [0.717, 1.165) is 32.2 Å². The molecule has 1 aromatic heterocycles. The standard InChI is InChI=1S/C18H13BrN2O3/c1-24-18(23)9-2-5-14-13(6-9)17-12(8-16(22)20-14)11-4-3-10(19)7-15(11)21-17/h2-7,21H,8H2,1H3,(H,20,22). The number of methoxy groups -OCH3 is 1. The van der Waals surface area contributed by atoms with Gasteiger partial charge in [-0.05, 0) is 35.9 Å². The number of H-pyrrole nitrogens is 1. The topological polar surface area (TPSA) is 71.2 Å². The van der Waals surface area contributed by atoms with Gasteiger partial charge in [0.05, 0.1) is 30.5 Å². The first-order chi connectivity index (χ1) is 11.6. The van der Waals surface area contributed by atoms with E-state index in [9.17, 15) is 9.59 Å². The summed E-state index contributed by atoms with van der Waals surface area (Å²) in [6.45, 7) is 0. The average molecular weight is 385 g/mol. The Morgan fingerprint density at radius 1 is 1.21 bits per heavy atom. The van der Waals surface area contributed by atoms with E-state index in [0.29, 0.717) is 11.3 Å². The maximum atomic E-state index is 12.3. The molecule has 2 heterocycles. The Morgan fingerprint density at radius 3 is 2.83 bits per heavy atom. The maximum Gasteiger partial charge on any atom is 0.337 e. The van der Waals surface area contributed by atoms with Crippen LogP contribution in [0.15, 0.2) is 40.9 Å². The summed E-state index contributed by atoms with van der Waals surface area (Å²) >= 11 is 3.46. The molecule has 0 fully saturated rings. The number of ether oxygens (including phenoxy) is 1. The number of esters is 1. The van der Waals surface area contributed by atoms with E-state index in [1.54, 1.807) is 18.2 Å². The van der Waals surface area contributed by atoms with E-state index in [-0.39, 0.29) is 12.3 Å². The van der Waals surface area contributed by atoms with Gasteiger partial charge in [0.2, 0.25) is 5.91 Å². The molecule has 0 radical (unpaired) electrons. The second-order valence-electron chi connectivity index (χ2n) is 5.65. The lowest BCUT2D eigenvalue weighted by Gasteiger charge is -2.09. The van der Waals surface area contributed by atoms with E-state index >= 15 is 0 Å². The number of aromatic amines is 1. The van der Waals surface area contributed by atoms with Gasteiger partial charge in [-0.25, -0.2) is 4.79 Å². The van der Waals surface area contributed by atoms with Gasteiger partial charge in [-0.15, -0.1) is 0 Å². The van der Waals surface area contributed by atoms with Crippen molar-refractivity contribution in [3.05, 3.63) is 52.0 Å². The summed E-state index contributed by atoms with van der Waals surface area (Å²) in [4.78, 5) is 27.5. The fourth-order valence-electron chi connectivity index (χ4n) is 3.10. The molecule has 0 spiro atoms. The highest BCUT2D eigenvalue weighted by atomic mass is 79.9. The predicted molar refractivity (Wildman–Crippen MR) is 95.1 cm³/mol. The van der Waals surface area contributed by atoms with Crippen LogP contribution in [0.1, 0.15) is 15.9 Å². The van der Waals surface area contributed by atoms with E-state index < -0.39 is 5.97 Å². The Labute approximate surface area is 146 Å². The number of hydrogen-bond acceptors (Lipinski definition) is 3. The molecule has 6 heteroatoms. The van der Waals surface area contributed by atoms with E-state index in [2.05, 4.69) is 26.2 Å². The molecule has 3 aromatic rings. The number of aromatic nitrogens is 1. The first-order valence-corrected chi connectivity index (χ1v) is 8.19. The zero-order valence-electron chi connectivity index (χ0n) is 12.8. The Balaban J connectivity index is 2.01. The summed E-state index contributed by atoms with van der Waals surface area (Å²) in [5, 5.41) is 3.90. The van der Waals surface area contributed by atoms with E-state index in [1.165, 1.54) is 7.11 Å². The Kier molecular flexibility index (Phi) is 3.42. The molecule has 0 bridgehead atoms. The SMILES string of the molecule is COC(=O)c1ccc2c(c1)-c1[nH]c3cc(Br)ccc3c1CC(=O)N2. The Morgan fingerprint density at radius 2 is 2.04 bits per heavy atom. The van der Waals surface area contributed by atoms with Crippen molar-refractivity contribution in [2.75, 3.05) is 12.4 Å². The van der Waals surface area contributed by atoms with E-state index in [4.69, 9.17) is 4.74 Å². The van der Waals surface area contributed by atoms with Crippen molar-refractivity contribution in [1.29, 1.82) is 0 Å². The van der Waals surface area contributed by atoms with Gasteiger partial charge in [-0.2, -0.15) is 0 Å². The largest absolute Gasteiger partial charge is 0.465 e. The third-order valence-corrected chi connectivity index (χ3v) is 4.68. The van der Waals surface area contributed by atoms with Crippen LogP contribution in [0.4, 0.5) is 5.69 Å². The molecule has 0 atom stereocenters. The number of anilines is 1. The Hall–Kier alpha value is -2.60. The molecular formula is C18H13BrN2O3. The number of nitrogens with one attached hydrogen (secondary N) is 2. The molecule has 120 valence electrons. The van der Waals surface area contributed by atoms with Gasteiger partial charge in [0.1, 0.15) is 0 Å². The normalized spacial score (nSPS) is 13.0. The number of carbonyl (C=O) groups excluding carboxylic acids is 2. The van der Waals surface area contributed by atoms with Crippen LogP contribution in [0.5, 0.6) is 0 Å². The highest BCUT2D eigenvalue weighted by Crippen LogP contribution is 2.38. The minimum absolute atomic E-state index is 0.0790. The number of carbonyl (C=O) groups is 2. The van der Waals surface area contributed by atoms with Crippen molar-refractivity contribution in [2.24, 2.45) is 0 Å². The molecule has 1 amide bonds. The number of fused-ring (bicyclic) bond motifs is 5. The van der Waals surface area contributed by atoms with Crippen LogP contribution in [-0.2, 0) is 16.0 Å².